The van der Waals surface area contributed by atoms with E-state index in [0.717, 1.165) is 0 Å². The van der Waals surface area contributed by atoms with Gasteiger partial charge in [-0.2, -0.15) is 0 Å². The van der Waals surface area contributed by atoms with Gasteiger partial charge in [-0.05, 0) is 27.6 Å². The Bertz CT molecular complexity index is 172. The van der Waals surface area contributed by atoms with Crippen LogP contribution in [0.3, 0.4) is 0 Å². The summed E-state index contributed by atoms with van der Waals surface area (Å²) in [6.45, 7) is 4.41. The van der Waals surface area contributed by atoms with E-state index in [4.69, 9.17) is 0 Å². The fourth-order valence-corrected chi connectivity index (χ4v) is 2.95. The third kappa shape index (κ3) is 2.08. The number of hydrogen-bond donors (Lipinski definition) is 0. The van der Waals surface area contributed by atoms with Crippen LogP contribution < -0.4 is 5.09 Å². The molecule has 0 N–H and O–H groups in total. The van der Waals surface area contributed by atoms with Crippen molar-refractivity contribution in [2.45, 2.75) is 33.1 Å². The van der Waals surface area contributed by atoms with Crippen LogP contribution in [0.15, 0.2) is 11.0 Å². The second-order valence-electron chi connectivity index (χ2n) is 2.43. The predicted molar refractivity (Wildman–Crippen MR) is 48.2 cm³/mol. The Morgan fingerprint density at radius 2 is 2.30 bits per heavy atom. The minimum absolute atomic E-state index is 1.20. The van der Waals surface area contributed by atoms with E-state index >= 15 is 0 Å². The quantitative estimate of drug-likeness (QED) is 0.575. The minimum Gasteiger partial charge on any atom is -0.227 e. The monoisotopic (exact) mass is 172 g/mol. The molecule has 3 heteroatoms. The van der Waals surface area contributed by atoms with Crippen LogP contribution in [-0.4, -0.2) is 0 Å². The van der Waals surface area contributed by atoms with Gasteiger partial charge in [-0.1, -0.05) is 13.3 Å². The predicted octanol–water partition coefficient (Wildman–Crippen LogP) is 3.75. The molecule has 1 nitrogen and oxygen atoms in total. The van der Waals surface area contributed by atoms with Gasteiger partial charge in [-0.3, -0.25) is 0 Å². The molecule has 0 unspecified atom stereocenters. The normalized spacial score (nSPS) is 19.4. The van der Waals surface area contributed by atoms with Crippen LogP contribution in [0, 0.1) is 0 Å². The van der Waals surface area contributed by atoms with Crippen LogP contribution >= 0.6 is 15.9 Å². The minimum atomic E-state index is 1.20. The second-order valence-corrected chi connectivity index (χ2v) is 4.81. The molecule has 0 aromatic carbocycles. The zero-order valence-electron chi connectivity index (χ0n) is 6.46. The second kappa shape index (κ2) is 4.11. The molecule has 0 saturated heterocycles. The largest absolute Gasteiger partial charge is 0.227 e. The lowest BCUT2D eigenvalue weighted by atomic mass is 10.2. The SMILES string of the molecule is CCCCC1=C(C)P=P[N]1. The smallest absolute Gasteiger partial charge is 0.0699 e. The highest BCUT2D eigenvalue weighted by Gasteiger charge is 2.05. The molecule has 1 rings (SSSR count). The van der Waals surface area contributed by atoms with Crippen molar-refractivity contribution in [3.63, 3.8) is 0 Å². The third-order valence-electron chi connectivity index (χ3n) is 1.54. The summed E-state index contributed by atoms with van der Waals surface area (Å²) >= 11 is 0. The molecular weight excluding hydrogens is 160 g/mol. The molecule has 55 valence electrons. The Morgan fingerprint density at radius 3 is 2.80 bits per heavy atom. The van der Waals surface area contributed by atoms with Crippen molar-refractivity contribution in [2.24, 2.45) is 0 Å². The highest BCUT2D eigenvalue weighted by molar-refractivity contribution is 7.85. The Morgan fingerprint density at radius 1 is 1.50 bits per heavy atom. The van der Waals surface area contributed by atoms with E-state index in [9.17, 15) is 0 Å². The van der Waals surface area contributed by atoms with Crippen LogP contribution in [0.1, 0.15) is 33.1 Å². The number of rotatable bonds is 3. The fraction of sp³-hybridized carbons (Fsp3) is 0.714. The van der Waals surface area contributed by atoms with Crippen LogP contribution in [-0.2, 0) is 0 Å². The van der Waals surface area contributed by atoms with Crippen molar-refractivity contribution in [2.75, 3.05) is 0 Å². The van der Waals surface area contributed by atoms with Gasteiger partial charge in [0.2, 0.25) is 0 Å². The summed E-state index contributed by atoms with van der Waals surface area (Å²) in [7, 11) is 2.63. The van der Waals surface area contributed by atoms with Crippen molar-refractivity contribution >= 4 is 15.9 Å². The van der Waals surface area contributed by atoms with Crippen molar-refractivity contribution in [1.82, 2.24) is 5.09 Å². The summed E-state index contributed by atoms with van der Waals surface area (Å²) in [5, 5.41) is 5.88. The van der Waals surface area contributed by atoms with E-state index in [1.54, 1.807) is 0 Å². The first kappa shape index (κ1) is 8.24. The summed E-state index contributed by atoms with van der Waals surface area (Å²) in [5.74, 6) is 0. The maximum Gasteiger partial charge on any atom is 0.0699 e. The van der Waals surface area contributed by atoms with Gasteiger partial charge in [0.15, 0.2) is 0 Å². The van der Waals surface area contributed by atoms with Crippen LogP contribution in [0.5, 0.6) is 0 Å². The molecule has 1 aliphatic heterocycles. The van der Waals surface area contributed by atoms with Crippen molar-refractivity contribution in [1.29, 1.82) is 0 Å². The first-order valence-corrected chi connectivity index (χ1v) is 6.11. The van der Waals surface area contributed by atoms with Crippen molar-refractivity contribution in [3.8, 4) is 0 Å². The summed E-state index contributed by atoms with van der Waals surface area (Å²) in [6, 6.07) is 0. The molecule has 0 bridgehead atoms. The number of hydrogen-bond acceptors (Lipinski definition) is 0. The first-order valence-electron chi connectivity index (χ1n) is 3.66. The first-order chi connectivity index (χ1) is 4.84. The Labute approximate surface area is 65.8 Å². The van der Waals surface area contributed by atoms with E-state index < -0.39 is 0 Å². The van der Waals surface area contributed by atoms with Crippen molar-refractivity contribution < 1.29 is 0 Å². The van der Waals surface area contributed by atoms with Gasteiger partial charge in [0.25, 0.3) is 0 Å². The van der Waals surface area contributed by atoms with E-state index in [1.807, 2.05) is 0 Å². The van der Waals surface area contributed by atoms with E-state index in [2.05, 4.69) is 18.9 Å². The van der Waals surface area contributed by atoms with Crippen molar-refractivity contribution in [3.05, 3.63) is 11.0 Å². The maximum atomic E-state index is 4.39. The van der Waals surface area contributed by atoms with Crippen LogP contribution in [0.2, 0.25) is 0 Å². The standard InChI is InChI=1S/C7H12NP2/c1-3-4-5-7-6(2)9-10-8-7/h3-5H2,1-2H3. The Balaban J connectivity index is 2.35. The molecular formula is C7H12NP2. The van der Waals surface area contributed by atoms with Crippen LogP contribution in [0.4, 0.5) is 0 Å². The molecule has 1 radical (unpaired) electrons. The number of allylic oxidation sites excluding steroid dienone is 2. The summed E-state index contributed by atoms with van der Waals surface area (Å²) in [5.41, 5.74) is 1.37. The molecule has 0 aromatic rings. The highest BCUT2D eigenvalue weighted by Crippen LogP contribution is 2.36. The lowest BCUT2D eigenvalue weighted by molar-refractivity contribution is 0.767. The van der Waals surface area contributed by atoms with Gasteiger partial charge in [-0.25, -0.2) is 5.09 Å². The Hall–Kier alpha value is 0.140. The molecule has 0 aromatic heterocycles. The molecule has 0 amide bonds. The zero-order valence-corrected chi connectivity index (χ0v) is 8.25. The average Bonchev–Trinajstić information content (AvgIpc) is 2.31. The van der Waals surface area contributed by atoms with E-state index in [-0.39, 0.29) is 0 Å². The lowest BCUT2D eigenvalue weighted by Gasteiger charge is -1.98. The topological polar surface area (TPSA) is 14.1 Å². The number of nitrogens with zero attached hydrogens (tertiary/aromatic N) is 1. The summed E-state index contributed by atoms with van der Waals surface area (Å²) < 4.78 is 0. The molecule has 1 heterocycles. The van der Waals surface area contributed by atoms with E-state index in [1.165, 1.54) is 46.2 Å². The number of unbranched alkanes of at least 4 members (excludes halogenated alkanes) is 1. The molecule has 10 heavy (non-hydrogen) atoms. The highest BCUT2D eigenvalue weighted by atomic mass is 31.7. The molecule has 0 atom stereocenters. The maximum absolute atomic E-state index is 4.39. The average molecular weight is 172 g/mol. The van der Waals surface area contributed by atoms with Gasteiger partial charge in [-0.15, -0.1) is 0 Å². The Kier molecular flexibility index (Phi) is 3.39. The van der Waals surface area contributed by atoms with Gasteiger partial charge in [0.05, 0.1) is 13.7 Å². The molecule has 1 aliphatic rings. The molecule has 0 aliphatic carbocycles. The van der Waals surface area contributed by atoms with Gasteiger partial charge in [0, 0.05) is 5.31 Å². The van der Waals surface area contributed by atoms with E-state index in [0.29, 0.717) is 0 Å². The fourth-order valence-electron chi connectivity index (χ4n) is 0.849. The zero-order chi connectivity index (χ0) is 7.40. The summed E-state index contributed by atoms with van der Waals surface area (Å²) in [4.78, 5) is 0. The van der Waals surface area contributed by atoms with Crippen LogP contribution in [0.25, 0.3) is 0 Å². The van der Waals surface area contributed by atoms with Gasteiger partial charge >= 0.3 is 0 Å². The lowest BCUT2D eigenvalue weighted by Crippen LogP contribution is -1.89. The summed E-state index contributed by atoms with van der Waals surface area (Å²) in [6.07, 6.45) is 3.77. The molecule has 0 spiro atoms. The van der Waals surface area contributed by atoms with Gasteiger partial charge < -0.3 is 0 Å². The third-order valence-corrected chi connectivity index (χ3v) is 3.96. The molecule has 0 saturated carbocycles. The van der Waals surface area contributed by atoms with Gasteiger partial charge in [0.1, 0.15) is 0 Å². The molecule has 0 fully saturated rings.